The molecule has 1 amide bonds. The van der Waals surface area contributed by atoms with Crippen molar-refractivity contribution in [1.82, 2.24) is 4.31 Å². The standard InChI is InChI=1S/C19H20BrN3O5S/c1-13-17(3-2-4-18(13)23(25)26)21-19(24)14-9-11-22(12-10-14)29(27,28)16-7-5-15(20)6-8-16/h2-8,14H,9-12H2,1H3,(H,21,24). The molecule has 0 aliphatic carbocycles. The van der Waals surface area contributed by atoms with Crippen LogP contribution in [0.4, 0.5) is 11.4 Å². The molecule has 3 rings (SSSR count). The highest BCUT2D eigenvalue weighted by Crippen LogP contribution is 2.28. The van der Waals surface area contributed by atoms with E-state index in [-0.39, 0.29) is 35.5 Å². The molecule has 0 unspecified atom stereocenters. The second-order valence-electron chi connectivity index (χ2n) is 6.83. The third kappa shape index (κ3) is 4.65. The molecule has 0 saturated carbocycles. The zero-order valence-corrected chi connectivity index (χ0v) is 18.1. The molecular weight excluding hydrogens is 462 g/mol. The zero-order valence-electron chi connectivity index (χ0n) is 15.7. The first-order valence-electron chi connectivity index (χ1n) is 9.00. The fourth-order valence-electron chi connectivity index (χ4n) is 3.31. The van der Waals surface area contributed by atoms with Crippen LogP contribution in [0.15, 0.2) is 51.8 Å². The summed E-state index contributed by atoms with van der Waals surface area (Å²) in [6.07, 6.45) is 0.769. The molecule has 0 spiro atoms. The molecule has 10 heteroatoms. The fraction of sp³-hybridized carbons (Fsp3) is 0.316. The summed E-state index contributed by atoms with van der Waals surface area (Å²) in [5.74, 6) is -0.612. The number of nitrogens with zero attached hydrogens (tertiary/aromatic N) is 2. The van der Waals surface area contributed by atoms with Gasteiger partial charge in [-0.25, -0.2) is 8.42 Å². The van der Waals surface area contributed by atoms with Gasteiger partial charge in [0.15, 0.2) is 0 Å². The Morgan fingerprint density at radius 1 is 1.17 bits per heavy atom. The maximum atomic E-state index is 12.8. The van der Waals surface area contributed by atoms with Gasteiger partial charge in [0, 0.05) is 29.5 Å². The largest absolute Gasteiger partial charge is 0.325 e. The number of nitro benzene ring substituents is 1. The SMILES string of the molecule is Cc1c(NC(=O)C2CCN(S(=O)(=O)c3ccc(Br)cc3)CC2)cccc1[N+](=O)[O-]. The molecule has 2 aromatic rings. The summed E-state index contributed by atoms with van der Waals surface area (Å²) < 4.78 is 27.7. The van der Waals surface area contributed by atoms with E-state index in [0.29, 0.717) is 24.1 Å². The van der Waals surface area contributed by atoms with Crippen LogP contribution in [0.1, 0.15) is 18.4 Å². The predicted molar refractivity (Wildman–Crippen MR) is 112 cm³/mol. The highest BCUT2D eigenvalue weighted by Gasteiger charge is 2.32. The minimum absolute atomic E-state index is 0.0572. The highest BCUT2D eigenvalue weighted by atomic mass is 79.9. The van der Waals surface area contributed by atoms with Crippen molar-refractivity contribution in [2.45, 2.75) is 24.7 Å². The molecule has 0 radical (unpaired) electrons. The van der Waals surface area contributed by atoms with Crippen molar-refractivity contribution >= 4 is 43.2 Å². The van der Waals surface area contributed by atoms with Crippen molar-refractivity contribution in [3.05, 3.63) is 62.6 Å². The number of halogens is 1. The number of hydrogen-bond acceptors (Lipinski definition) is 5. The first kappa shape index (κ1) is 21.4. The van der Waals surface area contributed by atoms with Crippen molar-refractivity contribution in [1.29, 1.82) is 0 Å². The number of sulfonamides is 1. The van der Waals surface area contributed by atoms with Gasteiger partial charge < -0.3 is 5.32 Å². The van der Waals surface area contributed by atoms with Gasteiger partial charge in [0.25, 0.3) is 5.69 Å². The molecule has 1 heterocycles. The van der Waals surface area contributed by atoms with Gasteiger partial charge in [-0.05, 0) is 50.1 Å². The van der Waals surface area contributed by atoms with Crippen LogP contribution in [0, 0.1) is 23.0 Å². The van der Waals surface area contributed by atoms with E-state index < -0.39 is 14.9 Å². The molecule has 1 N–H and O–H groups in total. The zero-order chi connectivity index (χ0) is 21.2. The molecule has 1 saturated heterocycles. The number of piperidine rings is 1. The van der Waals surface area contributed by atoms with Gasteiger partial charge in [0.05, 0.1) is 21.1 Å². The number of carbonyl (C=O) groups is 1. The van der Waals surface area contributed by atoms with E-state index in [2.05, 4.69) is 21.2 Å². The Labute approximate surface area is 177 Å². The summed E-state index contributed by atoms with van der Waals surface area (Å²) in [5, 5.41) is 13.8. The van der Waals surface area contributed by atoms with Crippen molar-refractivity contribution in [2.75, 3.05) is 18.4 Å². The van der Waals surface area contributed by atoms with Crippen LogP contribution in [-0.2, 0) is 14.8 Å². The molecule has 0 bridgehead atoms. The van der Waals surface area contributed by atoms with E-state index in [1.165, 1.54) is 16.4 Å². The van der Waals surface area contributed by atoms with Crippen molar-refractivity contribution in [2.24, 2.45) is 5.92 Å². The van der Waals surface area contributed by atoms with E-state index in [1.54, 1.807) is 37.3 Å². The number of nitro groups is 1. The van der Waals surface area contributed by atoms with E-state index in [1.807, 2.05) is 0 Å². The van der Waals surface area contributed by atoms with E-state index in [0.717, 1.165) is 4.47 Å². The number of carbonyl (C=O) groups excluding carboxylic acids is 1. The van der Waals surface area contributed by atoms with Crippen LogP contribution in [0.3, 0.4) is 0 Å². The Balaban J connectivity index is 1.65. The first-order valence-corrected chi connectivity index (χ1v) is 11.2. The normalized spacial score (nSPS) is 15.8. The molecule has 1 aliphatic heterocycles. The molecule has 2 aromatic carbocycles. The van der Waals surface area contributed by atoms with Crippen molar-refractivity contribution in [3.8, 4) is 0 Å². The minimum atomic E-state index is -3.60. The lowest BCUT2D eigenvalue weighted by Crippen LogP contribution is -2.41. The van der Waals surface area contributed by atoms with Crippen LogP contribution in [0.25, 0.3) is 0 Å². The number of nitrogens with one attached hydrogen (secondary N) is 1. The minimum Gasteiger partial charge on any atom is -0.325 e. The average molecular weight is 482 g/mol. The molecule has 1 aliphatic rings. The molecular formula is C19H20BrN3O5S. The average Bonchev–Trinajstić information content (AvgIpc) is 2.69. The Morgan fingerprint density at radius 3 is 2.38 bits per heavy atom. The number of amides is 1. The summed E-state index contributed by atoms with van der Waals surface area (Å²) in [5.41, 5.74) is 0.730. The summed E-state index contributed by atoms with van der Waals surface area (Å²) in [7, 11) is -3.60. The summed E-state index contributed by atoms with van der Waals surface area (Å²) in [6.45, 7) is 2.07. The molecule has 8 nitrogen and oxygen atoms in total. The maximum absolute atomic E-state index is 12.8. The van der Waals surface area contributed by atoms with Gasteiger partial charge in [-0.2, -0.15) is 4.31 Å². The van der Waals surface area contributed by atoms with E-state index >= 15 is 0 Å². The van der Waals surface area contributed by atoms with Crippen LogP contribution in [0.2, 0.25) is 0 Å². The van der Waals surface area contributed by atoms with Crippen LogP contribution < -0.4 is 5.32 Å². The smallest absolute Gasteiger partial charge is 0.274 e. The molecule has 0 atom stereocenters. The third-order valence-electron chi connectivity index (χ3n) is 5.04. The third-order valence-corrected chi connectivity index (χ3v) is 7.48. The number of anilines is 1. The lowest BCUT2D eigenvalue weighted by Gasteiger charge is -2.30. The van der Waals surface area contributed by atoms with Gasteiger partial charge in [-0.15, -0.1) is 0 Å². The van der Waals surface area contributed by atoms with Gasteiger partial charge in [-0.1, -0.05) is 22.0 Å². The second-order valence-corrected chi connectivity index (χ2v) is 9.68. The molecule has 154 valence electrons. The van der Waals surface area contributed by atoms with E-state index in [4.69, 9.17) is 0 Å². The van der Waals surface area contributed by atoms with Crippen LogP contribution in [0.5, 0.6) is 0 Å². The summed E-state index contributed by atoms with van der Waals surface area (Å²) >= 11 is 3.29. The van der Waals surface area contributed by atoms with Crippen molar-refractivity contribution in [3.63, 3.8) is 0 Å². The Morgan fingerprint density at radius 2 is 1.79 bits per heavy atom. The lowest BCUT2D eigenvalue weighted by molar-refractivity contribution is -0.385. The molecule has 29 heavy (non-hydrogen) atoms. The highest BCUT2D eigenvalue weighted by molar-refractivity contribution is 9.10. The molecule has 0 aromatic heterocycles. The van der Waals surface area contributed by atoms with Crippen LogP contribution in [-0.4, -0.2) is 36.6 Å². The first-order chi connectivity index (χ1) is 13.7. The summed E-state index contributed by atoms with van der Waals surface area (Å²) in [4.78, 5) is 23.4. The van der Waals surface area contributed by atoms with Gasteiger partial charge >= 0.3 is 0 Å². The lowest BCUT2D eigenvalue weighted by atomic mass is 9.97. The monoisotopic (exact) mass is 481 g/mol. The number of rotatable bonds is 5. The van der Waals surface area contributed by atoms with Gasteiger partial charge in [0.2, 0.25) is 15.9 Å². The number of hydrogen-bond donors (Lipinski definition) is 1. The van der Waals surface area contributed by atoms with Crippen LogP contribution >= 0.6 is 15.9 Å². The van der Waals surface area contributed by atoms with Crippen molar-refractivity contribution < 1.29 is 18.1 Å². The Hall–Kier alpha value is -2.30. The Kier molecular flexibility index (Phi) is 6.35. The maximum Gasteiger partial charge on any atom is 0.274 e. The summed E-state index contributed by atoms with van der Waals surface area (Å²) in [6, 6.07) is 11.0. The van der Waals surface area contributed by atoms with Gasteiger partial charge in [0.1, 0.15) is 0 Å². The number of benzene rings is 2. The van der Waals surface area contributed by atoms with E-state index in [9.17, 15) is 23.3 Å². The predicted octanol–water partition coefficient (Wildman–Crippen LogP) is 3.71. The molecule has 1 fully saturated rings. The Bertz CT molecular complexity index is 1030. The fourth-order valence-corrected chi connectivity index (χ4v) is 5.04. The van der Waals surface area contributed by atoms with Gasteiger partial charge in [-0.3, -0.25) is 14.9 Å². The topological polar surface area (TPSA) is 110 Å². The quantitative estimate of drug-likeness (QED) is 0.516. The second kappa shape index (κ2) is 8.60.